The third-order valence-corrected chi connectivity index (χ3v) is 5.58. The molecule has 0 spiro atoms. The van der Waals surface area contributed by atoms with Crippen molar-refractivity contribution in [1.29, 1.82) is 0 Å². The minimum Gasteiger partial charge on any atom is -0.496 e. The number of para-hydroxylation sites is 2. The maximum Gasteiger partial charge on any atom is 0.178 e. The molecular formula is C29H27N3O3. The van der Waals surface area contributed by atoms with Gasteiger partial charge in [0.1, 0.15) is 18.2 Å². The van der Waals surface area contributed by atoms with Crippen LogP contribution in [-0.4, -0.2) is 28.2 Å². The first kappa shape index (κ1) is 22.5. The summed E-state index contributed by atoms with van der Waals surface area (Å²) in [5.41, 5.74) is 5.29. The first-order valence-corrected chi connectivity index (χ1v) is 11.6. The second-order valence-electron chi connectivity index (χ2n) is 8.45. The molecule has 0 atom stereocenters. The summed E-state index contributed by atoms with van der Waals surface area (Å²) in [7, 11) is 1.67. The predicted molar refractivity (Wildman–Crippen MR) is 138 cm³/mol. The Morgan fingerprint density at radius 1 is 0.857 bits per heavy atom. The number of hydrogen-bond acceptors (Lipinski definition) is 5. The van der Waals surface area contributed by atoms with Gasteiger partial charge in [0.05, 0.1) is 24.3 Å². The SMILES string of the molecule is COc1ccccc1-c1cnc2nc(-c3cccc(OCc4ccccc4)c3OC(C)C)[nH]c2c1. The fraction of sp³-hybridized carbons (Fsp3) is 0.172. The van der Waals surface area contributed by atoms with Crippen molar-refractivity contribution in [2.75, 3.05) is 7.11 Å². The average molecular weight is 466 g/mol. The molecule has 2 aromatic heterocycles. The van der Waals surface area contributed by atoms with Crippen LogP contribution in [0.25, 0.3) is 33.7 Å². The monoisotopic (exact) mass is 465 g/mol. The molecule has 0 saturated heterocycles. The van der Waals surface area contributed by atoms with Crippen molar-refractivity contribution in [1.82, 2.24) is 15.0 Å². The molecule has 0 amide bonds. The predicted octanol–water partition coefficient (Wildman–Crippen LogP) is 6.67. The molecule has 0 saturated carbocycles. The third-order valence-electron chi connectivity index (χ3n) is 5.58. The summed E-state index contributed by atoms with van der Waals surface area (Å²) in [6, 6.07) is 25.8. The molecule has 0 bridgehead atoms. The van der Waals surface area contributed by atoms with Crippen molar-refractivity contribution < 1.29 is 14.2 Å². The number of H-pyrrole nitrogens is 1. The van der Waals surface area contributed by atoms with E-state index in [-0.39, 0.29) is 6.10 Å². The van der Waals surface area contributed by atoms with E-state index >= 15 is 0 Å². The van der Waals surface area contributed by atoms with Crippen LogP contribution in [0.4, 0.5) is 0 Å². The van der Waals surface area contributed by atoms with Gasteiger partial charge in [0.25, 0.3) is 0 Å². The summed E-state index contributed by atoms with van der Waals surface area (Å²) in [4.78, 5) is 12.8. The van der Waals surface area contributed by atoms with Crippen molar-refractivity contribution in [3.8, 4) is 39.8 Å². The second kappa shape index (κ2) is 9.89. The van der Waals surface area contributed by atoms with E-state index in [0.717, 1.165) is 33.5 Å². The van der Waals surface area contributed by atoms with Gasteiger partial charge in [-0.25, -0.2) is 9.97 Å². The maximum atomic E-state index is 6.22. The van der Waals surface area contributed by atoms with E-state index in [1.807, 2.05) is 98.9 Å². The summed E-state index contributed by atoms with van der Waals surface area (Å²) in [6.07, 6.45) is 1.78. The second-order valence-corrected chi connectivity index (χ2v) is 8.45. The minimum atomic E-state index is -0.0325. The lowest BCUT2D eigenvalue weighted by Gasteiger charge is -2.18. The van der Waals surface area contributed by atoms with Crippen molar-refractivity contribution in [3.63, 3.8) is 0 Å². The number of nitrogens with one attached hydrogen (secondary N) is 1. The van der Waals surface area contributed by atoms with Crippen LogP contribution in [0.15, 0.2) is 85.1 Å². The highest BCUT2D eigenvalue weighted by atomic mass is 16.5. The van der Waals surface area contributed by atoms with Gasteiger partial charge in [0, 0.05) is 17.3 Å². The Morgan fingerprint density at radius 3 is 2.40 bits per heavy atom. The molecule has 0 aliphatic carbocycles. The van der Waals surface area contributed by atoms with Gasteiger partial charge < -0.3 is 19.2 Å². The lowest BCUT2D eigenvalue weighted by atomic mass is 10.1. The zero-order chi connectivity index (χ0) is 24.2. The van der Waals surface area contributed by atoms with Crippen molar-refractivity contribution >= 4 is 11.2 Å². The average Bonchev–Trinajstić information content (AvgIpc) is 3.31. The molecule has 0 fully saturated rings. The number of aromatic nitrogens is 3. The van der Waals surface area contributed by atoms with E-state index in [1.54, 1.807) is 7.11 Å². The highest BCUT2D eigenvalue weighted by Crippen LogP contribution is 2.39. The van der Waals surface area contributed by atoms with Crippen LogP contribution in [0, 0.1) is 0 Å². The molecule has 3 aromatic carbocycles. The lowest BCUT2D eigenvalue weighted by molar-refractivity contribution is 0.219. The lowest BCUT2D eigenvalue weighted by Crippen LogP contribution is -2.09. The normalized spacial score (nSPS) is 11.1. The number of imidazole rings is 1. The molecule has 5 aromatic rings. The van der Waals surface area contributed by atoms with Crippen LogP contribution in [0.3, 0.4) is 0 Å². The number of ether oxygens (including phenoxy) is 3. The molecule has 6 nitrogen and oxygen atoms in total. The van der Waals surface area contributed by atoms with Gasteiger partial charge in [0.15, 0.2) is 17.1 Å². The van der Waals surface area contributed by atoms with Gasteiger partial charge in [0.2, 0.25) is 0 Å². The molecule has 0 aliphatic heterocycles. The van der Waals surface area contributed by atoms with Crippen molar-refractivity contribution in [2.24, 2.45) is 0 Å². The van der Waals surface area contributed by atoms with Gasteiger partial charge in [-0.15, -0.1) is 0 Å². The Hall–Kier alpha value is -4.32. The number of hydrogen-bond donors (Lipinski definition) is 1. The summed E-state index contributed by atoms with van der Waals surface area (Å²) in [6.45, 7) is 4.44. The molecular weight excluding hydrogens is 438 g/mol. The standard InChI is InChI=1S/C29H27N3O3/c1-19(2)35-27-23(13-9-15-26(27)34-18-20-10-5-4-6-11-20)28-31-24-16-21(17-30-29(24)32-28)22-12-7-8-14-25(22)33-3/h4-17,19H,18H2,1-3H3,(H,30,31,32). The van der Waals surface area contributed by atoms with Gasteiger partial charge in [-0.2, -0.15) is 0 Å². The Bertz CT molecular complexity index is 1440. The van der Waals surface area contributed by atoms with Gasteiger partial charge in [-0.3, -0.25) is 0 Å². The Balaban J connectivity index is 1.53. The quantitative estimate of drug-likeness (QED) is 0.277. The fourth-order valence-electron chi connectivity index (χ4n) is 3.97. The molecule has 176 valence electrons. The van der Waals surface area contributed by atoms with E-state index < -0.39 is 0 Å². The molecule has 35 heavy (non-hydrogen) atoms. The summed E-state index contributed by atoms with van der Waals surface area (Å²) >= 11 is 0. The smallest absolute Gasteiger partial charge is 0.178 e. The van der Waals surface area contributed by atoms with Crippen LogP contribution < -0.4 is 14.2 Å². The maximum absolute atomic E-state index is 6.22. The number of pyridine rings is 1. The van der Waals surface area contributed by atoms with E-state index in [2.05, 4.69) is 9.97 Å². The van der Waals surface area contributed by atoms with E-state index in [0.29, 0.717) is 29.6 Å². The van der Waals surface area contributed by atoms with E-state index in [1.165, 1.54) is 0 Å². The fourth-order valence-corrected chi connectivity index (χ4v) is 3.97. The molecule has 2 heterocycles. The van der Waals surface area contributed by atoms with E-state index in [4.69, 9.17) is 19.2 Å². The van der Waals surface area contributed by atoms with Gasteiger partial charge >= 0.3 is 0 Å². The number of nitrogens with zero attached hydrogens (tertiary/aromatic N) is 2. The van der Waals surface area contributed by atoms with E-state index in [9.17, 15) is 0 Å². The van der Waals surface area contributed by atoms with Crippen LogP contribution in [-0.2, 0) is 6.61 Å². The molecule has 0 aliphatic rings. The van der Waals surface area contributed by atoms with Gasteiger partial charge in [-0.05, 0) is 43.7 Å². The number of rotatable bonds is 8. The topological polar surface area (TPSA) is 69.3 Å². The first-order chi connectivity index (χ1) is 17.1. The molecule has 1 N–H and O–H groups in total. The summed E-state index contributed by atoms with van der Waals surface area (Å²) < 4.78 is 17.9. The Labute approximate surface area is 204 Å². The first-order valence-electron chi connectivity index (χ1n) is 11.6. The summed E-state index contributed by atoms with van der Waals surface area (Å²) in [5, 5.41) is 0. The summed E-state index contributed by atoms with van der Waals surface area (Å²) in [5.74, 6) is 2.79. The third kappa shape index (κ3) is 4.82. The van der Waals surface area contributed by atoms with Crippen molar-refractivity contribution in [2.45, 2.75) is 26.6 Å². The molecule has 0 radical (unpaired) electrons. The number of aromatic amines is 1. The zero-order valence-electron chi connectivity index (χ0n) is 20.0. The van der Waals surface area contributed by atoms with Crippen LogP contribution in [0.1, 0.15) is 19.4 Å². The molecule has 6 heteroatoms. The molecule has 0 unspecified atom stereocenters. The highest BCUT2D eigenvalue weighted by Gasteiger charge is 2.18. The molecule has 5 rings (SSSR count). The van der Waals surface area contributed by atoms with Crippen LogP contribution >= 0.6 is 0 Å². The largest absolute Gasteiger partial charge is 0.496 e. The number of methoxy groups -OCH3 is 1. The van der Waals surface area contributed by atoms with Crippen LogP contribution in [0.5, 0.6) is 17.2 Å². The minimum absolute atomic E-state index is 0.0325. The van der Waals surface area contributed by atoms with Crippen molar-refractivity contribution in [3.05, 3.63) is 90.6 Å². The Morgan fingerprint density at radius 2 is 1.60 bits per heavy atom. The highest BCUT2D eigenvalue weighted by molar-refractivity contribution is 5.83. The number of fused-ring (bicyclic) bond motifs is 1. The van der Waals surface area contributed by atoms with Crippen LogP contribution in [0.2, 0.25) is 0 Å². The number of benzene rings is 3. The zero-order valence-corrected chi connectivity index (χ0v) is 20.0. The van der Waals surface area contributed by atoms with Gasteiger partial charge in [-0.1, -0.05) is 54.6 Å². The Kier molecular flexibility index (Phi) is 6.35.